The SMILES string of the molecule is FC(F)(F)c1[c]cccc1.[Br][Mg][Br]. The molecule has 13 heavy (non-hydrogen) atoms. The minimum absolute atomic E-state index is 0.0417. The third-order valence-corrected chi connectivity index (χ3v) is 1.01. The van der Waals surface area contributed by atoms with Crippen LogP contribution in [0, 0.1) is 6.07 Å². The lowest BCUT2D eigenvalue weighted by Crippen LogP contribution is -2.03. The van der Waals surface area contributed by atoms with Gasteiger partial charge in [0.15, 0.2) is 0 Å². The van der Waals surface area contributed by atoms with E-state index in [1.165, 1.54) is 18.2 Å². The fourth-order valence-corrected chi connectivity index (χ4v) is 0.570. The highest BCUT2D eigenvalue weighted by Gasteiger charge is 2.29. The molecule has 0 N–H and O–H groups in total. The van der Waals surface area contributed by atoms with Gasteiger partial charge in [-0.2, -0.15) is 13.2 Å². The average Bonchev–Trinajstić information content (AvgIpc) is 2.06. The molecule has 0 saturated heterocycles. The fourth-order valence-electron chi connectivity index (χ4n) is 0.570. The molecule has 0 spiro atoms. The van der Waals surface area contributed by atoms with Crippen LogP contribution in [0.3, 0.4) is 0 Å². The Morgan fingerprint density at radius 1 is 1.23 bits per heavy atom. The first-order valence-corrected chi connectivity index (χ1v) is 11.0. The summed E-state index contributed by atoms with van der Waals surface area (Å²) in [6, 6.07) is 7.14. The van der Waals surface area contributed by atoms with Gasteiger partial charge in [0.2, 0.25) is 0 Å². The first-order chi connectivity index (χ1) is 6.02. The molecule has 0 aliphatic carbocycles. The van der Waals surface area contributed by atoms with E-state index in [9.17, 15) is 13.2 Å². The topological polar surface area (TPSA) is 0 Å². The molecule has 1 radical (unpaired) electrons. The second-order valence-corrected chi connectivity index (χ2v) is 9.96. The van der Waals surface area contributed by atoms with Gasteiger partial charge < -0.3 is 0 Å². The Kier molecular flexibility index (Phi) is 7.49. The monoisotopic (exact) mass is 327 g/mol. The summed E-state index contributed by atoms with van der Waals surface area (Å²) >= 11 is 6.44. The zero-order valence-corrected chi connectivity index (χ0v) is 11.0. The van der Waals surface area contributed by atoms with Crippen LogP contribution >= 0.6 is 25.8 Å². The van der Waals surface area contributed by atoms with Crippen molar-refractivity contribution in [2.75, 3.05) is 0 Å². The van der Waals surface area contributed by atoms with Crippen molar-refractivity contribution in [3.05, 3.63) is 35.9 Å². The van der Waals surface area contributed by atoms with Crippen LogP contribution in [-0.4, -0.2) is 16.0 Å². The zero-order chi connectivity index (χ0) is 10.3. The van der Waals surface area contributed by atoms with Crippen LogP contribution < -0.4 is 0 Å². The molecule has 69 valence electrons. The van der Waals surface area contributed by atoms with Crippen molar-refractivity contribution >= 4 is 41.8 Å². The van der Waals surface area contributed by atoms with E-state index in [1.807, 2.05) is 0 Å². The highest BCUT2D eigenvalue weighted by atomic mass is 79.9. The van der Waals surface area contributed by atoms with Gasteiger partial charge in [-0.1, -0.05) is 18.2 Å². The van der Waals surface area contributed by atoms with Crippen molar-refractivity contribution in [3.8, 4) is 0 Å². The average molecular weight is 329 g/mol. The van der Waals surface area contributed by atoms with E-state index in [2.05, 4.69) is 31.8 Å². The minimum atomic E-state index is -4.26. The summed E-state index contributed by atoms with van der Waals surface area (Å²) in [6.07, 6.45) is -4.26. The highest BCUT2D eigenvalue weighted by molar-refractivity contribution is 9.47. The molecule has 6 heteroatoms. The molecule has 0 atom stereocenters. The molecule has 1 rings (SSSR count). The molecule has 0 bridgehead atoms. The maximum Gasteiger partial charge on any atom is 0.560 e. The van der Waals surface area contributed by atoms with Crippen LogP contribution in [0.2, 0.25) is 0 Å². The van der Waals surface area contributed by atoms with Crippen LogP contribution in [0.4, 0.5) is 13.2 Å². The molecule has 0 unspecified atom stereocenters. The predicted octanol–water partition coefficient (Wildman–Crippen LogP) is 3.82. The summed E-state index contributed by atoms with van der Waals surface area (Å²) in [5, 5.41) is 0. The van der Waals surface area contributed by atoms with Crippen molar-refractivity contribution < 1.29 is 13.2 Å². The lowest BCUT2D eigenvalue weighted by atomic mass is 10.2. The molecule has 0 nitrogen and oxygen atoms in total. The Hall–Kier alpha value is 0.736. The fraction of sp³-hybridized carbons (Fsp3) is 0.143. The lowest BCUT2D eigenvalue weighted by Gasteiger charge is -2.03. The highest BCUT2D eigenvalue weighted by Crippen LogP contribution is 2.27. The Morgan fingerprint density at radius 3 is 2.00 bits per heavy atom. The second-order valence-electron chi connectivity index (χ2n) is 1.88. The van der Waals surface area contributed by atoms with Gasteiger partial charge in [-0.15, -0.1) is 0 Å². The Labute approximate surface area is 96.4 Å². The normalized spacial score (nSPS) is 9.62. The third kappa shape index (κ3) is 6.76. The van der Waals surface area contributed by atoms with E-state index in [0.717, 1.165) is 6.07 Å². The van der Waals surface area contributed by atoms with E-state index in [1.54, 1.807) is 0 Å². The summed E-state index contributed by atoms with van der Waals surface area (Å²) in [4.78, 5) is 0. The van der Waals surface area contributed by atoms with E-state index in [4.69, 9.17) is 0 Å². The first kappa shape index (κ1) is 13.7. The van der Waals surface area contributed by atoms with E-state index in [0.29, 0.717) is 0 Å². The van der Waals surface area contributed by atoms with Crippen LogP contribution in [0.15, 0.2) is 24.3 Å². The zero-order valence-electron chi connectivity index (χ0n) is 6.41. The Morgan fingerprint density at radius 2 is 1.77 bits per heavy atom. The summed E-state index contributed by atoms with van der Waals surface area (Å²) in [5.41, 5.74) is -0.727. The predicted molar refractivity (Wildman–Crippen MR) is 53.9 cm³/mol. The van der Waals surface area contributed by atoms with Gasteiger partial charge in [-0.05, 0) is 12.1 Å². The standard InChI is InChI=1S/C7H4F3.2BrH.Mg/c8-7(9,10)6-4-2-1-3-5-6;;;/h1-4H;2*1H;/q;;;+2/p-2. The number of alkyl halides is 3. The van der Waals surface area contributed by atoms with E-state index >= 15 is 0 Å². The maximum atomic E-state index is 11.8. The van der Waals surface area contributed by atoms with E-state index in [-0.39, 0.29) is 16.0 Å². The lowest BCUT2D eigenvalue weighted by molar-refractivity contribution is -0.137. The molecule has 0 heterocycles. The van der Waals surface area contributed by atoms with Crippen LogP contribution in [0.25, 0.3) is 0 Å². The molecule has 0 aromatic heterocycles. The molecule has 1 aromatic rings. The molecular weight excluding hydrogens is 325 g/mol. The largest absolute Gasteiger partial charge is 0.560 e. The van der Waals surface area contributed by atoms with Crippen LogP contribution in [-0.2, 0) is 6.18 Å². The molecule has 0 saturated carbocycles. The van der Waals surface area contributed by atoms with Crippen molar-refractivity contribution in [2.45, 2.75) is 6.18 Å². The summed E-state index contributed by atoms with van der Waals surface area (Å²) in [6.45, 7) is 0. The van der Waals surface area contributed by atoms with Crippen LogP contribution in [0.1, 0.15) is 5.56 Å². The minimum Gasteiger partial charge on any atom is -0.280 e. The summed E-state index contributed by atoms with van der Waals surface area (Å²) in [5.74, 6) is 0. The number of benzene rings is 1. The number of hydrogen-bond donors (Lipinski definition) is 0. The van der Waals surface area contributed by atoms with Gasteiger partial charge >= 0.3 is 22.2 Å². The quantitative estimate of drug-likeness (QED) is 0.635. The van der Waals surface area contributed by atoms with Crippen molar-refractivity contribution in [1.82, 2.24) is 0 Å². The Bertz CT molecular complexity index is 225. The van der Waals surface area contributed by atoms with Gasteiger partial charge in [0.1, 0.15) is 0 Å². The molecule has 0 amide bonds. The summed E-state index contributed by atoms with van der Waals surface area (Å²) < 4.78 is 35.3. The van der Waals surface area contributed by atoms with Gasteiger partial charge in [0.25, 0.3) is 0 Å². The second kappa shape index (κ2) is 7.08. The maximum absolute atomic E-state index is 11.8. The van der Waals surface area contributed by atoms with Gasteiger partial charge in [-0.25, -0.2) is 0 Å². The molecule has 0 aliphatic rings. The third-order valence-electron chi connectivity index (χ3n) is 1.01. The van der Waals surface area contributed by atoms with Crippen molar-refractivity contribution in [2.24, 2.45) is 0 Å². The summed E-state index contributed by atoms with van der Waals surface area (Å²) in [7, 11) is 0. The number of hydrogen-bond acceptors (Lipinski definition) is 0. The molecule has 0 aliphatic heterocycles. The molecule has 0 fully saturated rings. The van der Waals surface area contributed by atoms with Crippen molar-refractivity contribution in [1.29, 1.82) is 0 Å². The van der Waals surface area contributed by atoms with Gasteiger partial charge in [0.05, 0.1) is 5.56 Å². The van der Waals surface area contributed by atoms with E-state index < -0.39 is 11.7 Å². The molecule has 1 aromatic carbocycles. The van der Waals surface area contributed by atoms with Crippen LogP contribution in [0.5, 0.6) is 0 Å². The smallest absolute Gasteiger partial charge is 0.280 e. The number of halogens is 5. The molecular formula is C7H4Br2F3Mg. The van der Waals surface area contributed by atoms with Crippen molar-refractivity contribution in [3.63, 3.8) is 0 Å². The van der Waals surface area contributed by atoms with Gasteiger partial charge in [-0.3, -0.25) is 25.8 Å². The Balaban J connectivity index is 0.000000424. The van der Waals surface area contributed by atoms with Gasteiger partial charge in [0, 0.05) is 0 Å². The number of rotatable bonds is 0. The first-order valence-electron chi connectivity index (χ1n) is 3.18.